The molecule has 24 heavy (non-hydrogen) atoms. The lowest BCUT2D eigenvalue weighted by Crippen LogP contribution is -2.40. The Kier molecular flexibility index (Phi) is 5.05. The molecule has 8 nitrogen and oxygen atoms in total. The maximum Gasteiger partial charge on any atom is 0.271 e. The normalized spacial score (nSPS) is 15.5. The van der Waals surface area contributed by atoms with Gasteiger partial charge < -0.3 is 5.32 Å². The molecular formula is C15H20N4O4S. The van der Waals surface area contributed by atoms with Crippen molar-refractivity contribution in [1.82, 2.24) is 10.1 Å². The van der Waals surface area contributed by atoms with Gasteiger partial charge in [0, 0.05) is 24.1 Å². The number of sulfonamides is 1. The maximum absolute atomic E-state index is 12.3. The lowest BCUT2D eigenvalue weighted by atomic mass is 10.1. The predicted octanol–water partition coefficient (Wildman–Crippen LogP) is 0.968. The quantitative estimate of drug-likeness (QED) is 0.748. The number of amides is 2. The van der Waals surface area contributed by atoms with E-state index in [1.807, 2.05) is 0 Å². The molecule has 130 valence electrons. The van der Waals surface area contributed by atoms with Crippen LogP contribution in [0, 0.1) is 0 Å². The van der Waals surface area contributed by atoms with Gasteiger partial charge >= 0.3 is 0 Å². The second-order valence-electron chi connectivity index (χ2n) is 6.43. The molecule has 1 aromatic carbocycles. The van der Waals surface area contributed by atoms with Crippen LogP contribution < -0.4 is 15.5 Å². The number of hydrazone groups is 1. The highest BCUT2D eigenvalue weighted by Gasteiger charge is 2.23. The van der Waals surface area contributed by atoms with E-state index in [1.54, 1.807) is 26.8 Å². The molecule has 0 radical (unpaired) electrons. The Bertz CT molecular complexity index is 794. The van der Waals surface area contributed by atoms with Gasteiger partial charge in [-0.2, -0.15) is 5.10 Å². The third kappa shape index (κ3) is 4.87. The summed E-state index contributed by atoms with van der Waals surface area (Å²) in [6, 6.07) is 5.93. The minimum absolute atomic E-state index is 0.0501. The Hall–Kier alpha value is -2.26. The van der Waals surface area contributed by atoms with E-state index in [1.165, 1.54) is 18.2 Å². The van der Waals surface area contributed by atoms with Crippen molar-refractivity contribution in [3.05, 3.63) is 24.3 Å². The minimum atomic E-state index is -3.70. The number of carbonyl (C=O) groups is 2. The number of nitrogens with one attached hydrogen (secondary N) is 3. The Balaban J connectivity index is 2.16. The zero-order valence-corrected chi connectivity index (χ0v) is 14.5. The van der Waals surface area contributed by atoms with E-state index in [0.717, 1.165) is 0 Å². The van der Waals surface area contributed by atoms with E-state index in [9.17, 15) is 18.0 Å². The van der Waals surface area contributed by atoms with Crippen molar-refractivity contribution in [2.75, 3.05) is 5.32 Å². The number of carbonyl (C=O) groups excluding carboxylic acids is 2. The summed E-state index contributed by atoms with van der Waals surface area (Å²) in [7, 11) is -3.70. The van der Waals surface area contributed by atoms with Gasteiger partial charge in [0.25, 0.3) is 5.91 Å². The van der Waals surface area contributed by atoms with Gasteiger partial charge in [0.15, 0.2) is 0 Å². The molecule has 1 heterocycles. The number of hydrogen-bond acceptors (Lipinski definition) is 5. The lowest BCUT2D eigenvalue weighted by Gasteiger charge is -2.20. The van der Waals surface area contributed by atoms with Crippen LogP contribution in [0.15, 0.2) is 34.3 Å². The fourth-order valence-electron chi connectivity index (χ4n) is 2.04. The first-order valence-corrected chi connectivity index (χ1v) is 8.86. The highest BCUT2D eigenvalue weighted by atomic mass is 32.2. The molecule has 0 saturated heterocycles. The summed E-state index contributed by atoms with van der Waals surface area (Å²) < 4.78 is 27.2. The highest BCUT2D eigenvalue weighted by Crippen LogP contribution is 2.18. The first-order valence-electron chi connectivity index (χ1n) is 7.38. The van der Waals surface area contributed by atoms with Crippen LogP contribution in [0.5, 0.6) is 0 Å². The van der Waals surface area contributed by atoms with Crippen LogP contribution in [0.3, 0.4) is 0 Å². The Labute approximate surface area is 140 Å². The van der Waals surface area contributed by atoms with Crippen LogP contribution in [-0.2, 0) is 19.6 Å². The van der Waals surface area contributed by atoms with Gasteiger partial charge in [-0.15, -0.1) is 0 Å². The number of hydrogen-bond donors (Lipinski definition) is 3. The molecule has 0 saturated carbocycles. The Morgan fingerprint density at radius 3 is 2.54 bits per heavy atom. The fraction of sp³-hybridized carbons (Fsp3) is 0.400. The largest absolute Gasteiger partial charge is 0.321 e. The van der Waals surface area contributed by atoms with Crippen molar-refractivity contribution in [2.24, 2.45) is 5.10 Å². The standard InChI is InChI=1S/C15H20N4O4S/c1-15(2,3)19-24(22,23)11-6-4-5-10(9-11)16-14(21)12-7-8-13(20)18-17-12/h4-6,9,19H,7-8H2,1-3H3,(H,16,21)(H,18,20). The fourth-order valence-corrected chi connectivity index (χ4v) is 3.51. The van der Waals surface area contributed by atoms with Gasteiger partial charge in [-0.25, -0.2) is 18.6 Å². The third-order valence-corrected chi connectivity index (χ3v) is 4.76. The van der Waals surface area contributed by atoms with E-state index in [0.29, 0.717) is 5.69 Å². The highest BCUT2D eigenvalue weighted by molar-refractivity contribution is 7.89. The monoisotopic (exact) mass is 352 g/mol. The van der Waals surface area contributed by atoms with Crippen LogP contribution in [0.25, 0.3) is 0 Å². The molecule has 2 rings (SSSR count). The van der Waals surface area contributed by atoms with E-state index in [2.05, 4.69) is 20.6 Å². The van der Waals surface area contributed by atoms with Crippen molar-refractivity contribution in [3.8, 4) is 0 Å². The molecule has 0 unspecified atom stereocenters. The third-order valence-electron chi connectivity index (χ3n) is 3.01. The second-order valence-corrected chi connectivity index (χ2v) is 8.11. The molecule has 0 aromatic heterocycles. The van der Waals surface area contributed by atoms with Gasteiger partial charge in [-0.05, 0) is 39.0 Å². The number of nitrogens with zero attached hydrogens (tertiary/aromatic N) is 1. The van der Waals surface area contributed by atoms with Crippen molar-refractivity contribution < 1.29 is 18.0 Å². The molecule has 0 spiro atoms. The average Bonchev–Trinajstić information content (AvgIpc) is 2.45. The lowest BCUT2D eigenvalue weighted by molar-refractivity contribution is -0.121. The van der Waals surface area contributed by atoms with Crippen molar-refractivity contribution in [2.45, 2.75) is 44.0 Å². The van der Waals surface area contributed by atoms with E-state index in [4.69, 9.17) is 0 Å². The topological polar surface area (TPSA) is 117 Å². The van der Waals surface area contributed by atoms with Gasteiger partial charge in [0.1, 0.15) is 5.71 Å². The molecule has 1 aliphatic heterocycles. The molecule has 1 aromatic rings. The Morgan fingerprint density at radius 1 is 1.25 bits per heavy atom. The van der Waals surface area contributed by atoms with E-state index < -0.39 is 21.5 Å². The second kappa shape index (κ2) is 6.70. The van der Waals surface area contributed by atoms with Crippen LogP contribution in [0.4, 0.5) is 5.69 Å². The number of rotatable bonds is 4. The average molecular weight is 352 g/mol. The van der Waals surface area contributed by atoms with Crippen molar-refractivity contribution in [3.63, 3.8) is 0 Å². The van der Waals surface area contributed by atoms with Crippen LogP contribution in [0.2, 0.25) is 0 Å². The first kappa shape index (κ1) is 18.1. The summed E-state index contributed by atoms with van der Waals surface area (Å²) in [5.41, 5.74) is 2.14. The summed E-state index contributed by atoms with van der Waals surface area (Å²) in [5.74, 6) is -0.721. The summed E-state index contributed by atoms with van der Waals surface area (Å²) in [6.07, 6.45) is 0.428. The summed E-state index contributed by atoms with van der Waals surface area (Å²) in [4.78, 5) is 23.2. The van der Waals surface area contributed by atoms with Crippen molar-refractivity contribution >= 4 is 33.2 Å². The van der Waals surface area contributed by atoms with Gasteiger partial charge in [0.05, 0.1) is 4.90 Å². The Morgan fingerprint density at radius 2 is 1.96 bits per heavy atom. The number of benzene rings is 1. The molecule has 1 aliphatic rings. The van der Waals surface area contributed by atoms with Gasteiger partial charge in [0.2, 0.25) is 15.9 Å². The van der Waals surface area contributed by atoms with Gasteiger partial charge in [-0.1, -0.05) is 6.07 Å². The SMILES string of the molecule is CC(C)(C)NS(=O)(=O)c1cccc(NC(=O)C2=NNC(=O)CC2)c1. The summed E-state index contributed by atoms with van der Waals surface area (Å²) >= 11 is 0. The van der Waals surface area contributed by atoms with E-state index in [-0.39, 0.29) is 29.4 Å². The van der Waals surface area contributed by atoms with Gasteiger partial charge in [-0.3, -0.25) is 9.59 Å². The molecule has 0 fully saturated rings. The molecule has 9 heteroatoms. The maximum atomic E-state index is 12.3. The molecule has 0 aliphatic carbocycles. The molecule has 2 amide bonds. The first-order chi connectivity index (χ1) is 11.1. The summed E-state index contributed by atoms with van der Waals surface area (Å²) in [5, 5.41) is 6.29. The molecular weight excluding hydrogens is 332 g/mol. The zero-order chi connectivity index (χ0) is 18.0. The molecule has 0 atom stereocenters. The van der Waals surface area contributed by atoms with E-state index >= 15 is 0 Å². The predicted molar refractivity (Wildman–Crippen MR) is 90.0 cm³/mol. The molecule has 3 N–H and O–H groups in total. The smallest absolute Gasteiger partial charge is 0.271 e. The summed E-state index contributed by atoms with van der Waals surface area (Å²) in [6.45, 7) is 5.23. The van der Waals surface area contributed by atoms with Crippen molar-refractivity contribution in [1.29, 1.82) is 0 Å². The molecule has 0 bridgehead atoms. The number of anilines is 1. The van der Waals surface area contributed by atoms with Crippen LogP contribution in [-0.4, -0.2) is 31.5 Å². The zero-order valence-electron chi connectivity index (χ0n) is 13.7. The van der Waals surface area contributed by atoms with Crippen LogP contribution >= 0.6 is 0 Å². The van der Waals surface area contributed by atoms with Crippen LogP contribution in [0.1, 0.15) is 33.6 Å². The minimum Gasteiger partial charge on any atom is -0.321 e.